The third-order valence-electron chi connectivity index (χ3n) is 2.53. The topological polar surface area (TPSA) is 32.6 Å². The number of nitrogens with zero attached hydrogens (tertiary/aromatic N) is 1. The second kappa shape index (κ2) is 4.96. The summed E-state index contributed by atoms with van der Waals surface area (Å²) in [6.45, 7) is 8.37. The Bertz CT molecular complexity index is 336. The molecule has 82 valence electrons. The Labute approximate surface area is 91.6 Å². The van der Waals surface area contributed by atoms with Gasteiger partial charge in [-0.15, -0.1) is 0 Å². The lowest BCUT2D eigenvalue weighted by Gasteiger charge is -2.10. The fraction of sp³-hybridized carbons (Fsp3) is 0.462. The Hall–Kier alpha value is -1.31. The molecule has 0 amide bonds. The highest BCUT2D eigenvalue weighted by molar-refractivity contribution is 6.01. The van der Waals surface area contributed by atoms with Gasteiger partial charge in [-0.3, -0.25) is 0 Å². The first-order chi connectivity index (χ1) is 7.06. The van der Waals surface area contributed by atoms with Gasteiger partial charge in [-0.05, 0) is 23.0 Å². The highest BCUT2D eigenvalue weighted by Gasteiger charge is 2.09. The second-order valence-electron chi connectivity index (χ2n) is 4.42. The third kappa shape index (κ3) is 2.82. The molecule has 0 radical (unpaired) electrons. The van der Waals surface area contributed by atoms with Crippen molar-refractivity contribution >= 4 is 5.71 Å². The van der Waals surface area contributed by atoms with E-state index in [1.165, 1.54) is 5.56 Å². The highest BCUT2D eigenvalue weighted by atomic mass is 16.4. The summed E-state index contributed by atoms with van der Waals surface area (Å²) in [6.07, 6.45) is 0. The molecule has 0 aliphatic carbocycles. The smallest absolute Gasteiger partial charge is 0.0893 e. The second-order valence-corrected chi connectivity index (χ2v) is 4.42. The maximum Gasteiger partial charge on any atom is 0.0893 e. The first-order valence-electron chi connectivity index (χ1n) is 5.38. The van der Waals surface area contributed by atoms with E-state index >= 15 is 0 Å². The molecular formula is C13H19NO. The lowest BCUT2D eigenvalue weighted by molar-refractivity contribution is 0.316. The van der Waals surface area contributed by atoms with Gasteiger partial charge in [0, 0.05) is 0 Å². The van der Waals surface area contributed by atoms with E-state index in [0.717, 1.165) is 11.3 Å². The molecule has 0 saturated carbocycles. The SMILES string of the molecule is CC(C)/C(=N\O)c1ccc(C(C)C)cc1. The quantitative estimate of drug-likeness (QED) is 0.456. The molecule has 0 aliphatic heterocycles. The summed E-state index contributed by atoms with van der Waals surface area (Å²) in [7, 11) is 0. The maximum absolute atomic E-state index is 8.92. The minimum atomic E-state index is 0.236. The van der Waals surface area contributed by atoms with Crippen LogP contribution in [0, 0.1) is 5.92 Å². The fourth-order valence-corrected chi connectivity index (χ4v) is 1.55. The zero-order chi connectivity index (χ0) is 11.4. The van der Waals surface area contributed by atoms with E-state index < -0.39 is 0 Å². The lowest BCUT2D eigenvalue weighted by Crippen LogP contribution is -2.09. The van der Waals surface area contributed by atoms with E-state index in [2.05, 4.69) is 31.1 Å². The summed E-state index contributed by atoms with van der Waals surface area (Å²) in [4.78, 5) is 0. The predicted molar refractivity (Wildman–Crippen MR) is 63.7 cm³/mol. The Kier molecular flexibility index (Phi) is 3.89. The molecule has 1 aromatic carbocycles. The Morgan fingerprint density at radius 1 is 1.07 bits per heavy atom. The van der Waals surface area contributed by atoms with Crippen LogP contribution in [0.3, 0.4) is 0 Å². The van der Waals surface area contributed by atoms with Gasteiger partial charge < -0.3 is 5.21 Å². The molecule has 0 heterocycles. The van der Waals surface area contributed by atoms with Gasteiger partial charge in [0.25, 0.3) is 0 Å². The summed E-state index contributed by atoms with van der Waals surface area (Å²) in [5.74, 6) is 0.771. The van der Waals surface area contributed by atoms with E-state index in [0.29, 0.717) is 5.92 Å². The average molecular weight is 205 g/mol. The van der Waals surface area contributed by atoms with Gasteiger partial charge in [-0.2, -0.15) is 0 Å². The Morgan fingerprint density at radius 3 is 1.93 bits per heavy atom. The molecule has 2 heteroatoms. The van der Waals surface area contributed by atoms with Crippen molar-refractivity contribution in [2.24, 2.45) is 11.1 Å². The van der Waals surface area contributed by atoms with Gasteiger partial charge in [0.1, 0.15) is 0 Å². The largest absolute Gasteiger partial charge is 0.411 e. The van der Waals surface area contributed by atoms with E-state index in [-0.39, 0.29) is 5.92 Å². The molecule has 1 rings (SSSR count). The van der Waals surface area contributed by atoms with E-state index in [4.69, 9.17) is 5.21 Å². The first kappa shape index (κ1) is 11.8. The number of hydrogen-bond donors (Lipinski definition) is 1. The van der Waals surface area contributed by atoms with Gasteiger partial charge >= 0.3 is 0 Å². The van der Waals surface area contributed by atoms with Crippen LogP contribution in [-0.2, 0) is 0 Å². The number of oxime groups is 1. The first-order valence-corrected chi connectivity index (χ1v) is 5.38. The lowest BCUT2D eigenvalue weighted by atomic mass is 9.96. The minimum Gasteiger partial charge on any atom is -0.411 e. The number of hydrogen-bond acceptors (Lipinski definition) is 2. The summed E-state index contributed by atoms with van der Waals surface area (Å²) in [5.41, 5.74) is 3.04. The zero-order valence-corrected chi connectivity index (χ0v) is 9.86. The minimum absolute atomic E-state index is 0.236. The number of rotatable bonds is 3. The molecule has 0 aromatic heterocycles. The van der Waals surface area contributed by atoms with Crippen molar-refractivity contribution in [3.63, 3.8) is 0 Å². The summed E-state index contributed by atoms with van der Waals surface area (Å²) < 4.78 is 0. The van der Waals surface area contributed by atoms with Gasteiger partial charge in [0.05, 0.1) is 5.71 Å². The highest BCUT2D eigenvalue weighted by Crippen LogP contribution is 2.16. The van der Waals surface area contributed by atoms with Crippen LogP contribution in [0.1, 0.15) is 44.7 Å². The fourth-order valence-electron chi connectivity index (χ4n) is 1.55. The van der Waals surface area contributed by atoms with Gasteiger partial charge in [0.2, 0.25) is 0 Å². The molecule has 0 aliphatic rings. The number of benzene rings is 1. The van der Waals surface area contributed by atoms with Gasteiger partial charge in [-0.25, -0.2) is 0 Å². The summed E-state index contributed by atoms with van der Waals surface area (Å²) in [5, 5.41) is 12.3. The van der Waals surface area contributed by atoms with Gasteiger partial charge in [-0.1, -0.05) is 57.1 Å². The van der Waals surface area contributed by atoms with Crippen LogP contribution in [-0.4, -0.2) is 10.9 Å². The van der Waals surface area contributed by atoms with E-state index in [9.17, 15) is 0 Å². The maximum atomic E-state index is 8.92. The van der Waals surface area contributed by atoms with E-state index in [1.54, 1.807) is 0 Å². The molecule has 0 atom stereocenters. The van der Waals surface area contributed by atoms with Crippen LogP contribution in [0.4, 0.5) is 0 Å². The Balaban J connectivity index is 2.98. The van der Waals surface area contributed by atoms with Crippen LogP contribution in [0.25, 0.3) is 0 Å². The standard InChI is InChI=1S/C13H19NO/c1-9(2)11-5-7-12(8-6-11)13(14-15)10(3)4/h5-10,15H,1-4H3/b14-13+. The van der Waals surface area contributed by atoms with Crippen LogP contribution in [0.2, 0.25) is 0 Å². The molecule has 0 bridgehead atoms. The monoisotopic (exact) mass is 205 g/mol. The van der Waals surface area contributed by atoms with Crippen molar-refractivity contribution in [2.45, 2.75) is 33.6 Å². The van der Waals surface area contributed by atoms with Crippen LogP contribution in [0.5, 0.6) is 0 Å². The third-order valence-corrected chi connectivity index (χ3v) is 2.53. The average Bonchev–Trinajstić information content (AvgIpc) is 2.19. The molecule has 0 fully saturated rings. The molecule has 1 aromatic rings. The summed E-state index contributed by atoms with van der Waals surface area (Å²) in [6, 6.07) is 8.22. The van der Waals surface area contributed by atoms with Crippen LogP contribution < -0.4 is 0 Å². The van der Waals surface area contributed by atoms with Crippen LogP contribution >= 0.6 is 0 Å². The molecule has 15 heavy (non-hydrogen) atoms. The van der Waals surface area contributed by atoms with Crippen molar-refractivity contribution in [1.29, 1.82) is 0 Å². The van der Waals surface area contributed by atoms with Crippen LogP contribution in [0.15, 0.2) is 29.4 Å². The van der Waals surface area contributed by atoms with Crippen molar-refractivity contribution in [3.05, 3.63) is 35.4 Å². The normalized spacial score (nSPS) is 12.5. The van der Waals surface area contributed by atoms with Crippen molar-refractivity contribution in [3.8, 4) is 0 Å². The molecule has 0 spiro atoms. The molecule has 1 N–H and O–H groups in total. The Morgan fingerprint density at radius 2 is 1.60 bits per heavy atom. The van der Waals surface area contributed by atoms with Crippen molar-refractivity contribution in [2.75, 3.05) is 0 Å². The predicted octanol–water partition coefficient (Wildman–Crippen LogP) is 3.64. The van der Waals surface area contributed by atoms with Crippen molar-refractivity contribution < 1.29 is 5.21 Å². The van der Waals surface area contributed by atoms with Gasteiger partial charge in [0.15, 0.2) is 0 Å². The molecule has 0 saturated heterocycles. The summed E-state index contributed by atoms with van der Waals surface area (Å²) >= 11 is 0. The molecule has 0 unspecified atom stereocenters. The zero-order valence-electron chi connectivity index (χ0n) is 9.86. The van der Waals surface area contributed by atoms with E-state index in [1.807, 2.05) is 26.0 Å². The molecule has 2 nitrogen and oxygen atoms in total. The van der Waals surface area contributed by atoms with Crippen molar-refractivity contribution in [1.82, 2.24) is 0 Å². The molecular weight excluding hydrogens is 186 g/mol.